The summed E-state index contributed by atoms with van der Waals surface area (Å²) in [5.74, 6) is -0.447. The van der Waals surface area contributed by atoms with Crippen LogP contribution >= 0.6 is 0 Å². The Labute approximate surface area is 103 Å². The molecule has 2 atom stereocenters. The Balaban J connectivity index is 3.14. The molecular weight excluding hydrogens is 246 g/mol. The van der Waals surface area contributed by atoms with E-state index in [2.05, 4.69) is 0 Å². The molecule has 0 spiro atoms. The molecule has 18 heavy (non-hydrogen) atoms. The molecule has 1 fully saturated rings. The average molecular weight is 261 g/mol. The number of hydrogen-bond acceptors (Lipinski definition) is 6. The minimum Gasteiger partial charge on any atom is -0.264 e. The quantitative estimate of drug-likeness (QED) is 0.426. The highest BCUT2D eigenvalue weighted by Crippen LogP contribution is 2.39. The van der Waals surface area contributed by atoms with Crippen LogP contribution in [-0.4, -0.2) is 26.5 Å². The third-order valence-electron chi connectivity index (χ3n) is 3.65. The second kappa shape index (κ2) is 4.83. The van der Waals surface area contributed by atoms with Crippen molar-refractivity contribution in [2.24, 2.45) is 11.8 Å². The van der Waals surface area contributed by atoms with Crippen molar-refractivity contribution in [2.45, 2.75) is 44.8 Å². The molecule has 0 amide bonds. The largest absolute Gasteiger partial charge is 0.465 e. The van der Waals surface area contributed by atoms with Gasteiger partial charge >= 0.3 is 5.66 Å². The summed E-state index contributed by atoms with van der Waals surface area (Å²) >= 11 is 0. The summed E-state index contributed by atoms with van der Waals surface area (Å²) in [7, 11) is 0. The van der Waals surface area contributed by atoms with Crippen LogP contribution in [-0.2, 0) is 0 Å². The van der Waals surface area contributed by atoms with Crippen LogP contribution in [0.4, 0.5) is 0 Å². The fourth-order valence-corrected chi connectivity index (χ4v) is 2.43. The van der Waals surface area contributed by atoms with Crippen LogP contribution < -0.4 is 0 Å². The van der Waals surface area contributed by atoms with Crippen molar-refractivity contribution >= 4 is 0 Å². The van der Waals surface area contributed by atoms with E-state index in [9.17, 15) is 30.3 Å². The predicted molar refractivity (Wildman–Crippen MR) is 59.7 cm³/mol. The van der Waals surface area contributed by atoms with Gasteiger partial charge in [-0.3, -0.25) is 30.3 Å². The van der Waals surface area contributed by atoms with Crippen LogP contribution in [0.2, 0.25) is 0 Å². The molecule has 0 aliphatic heterocycles. The topological polar surface area (TPSA) is 129 Å². The molecule has 0 saturated heterocycles. The summed E-state index contributed by atoms with van der Waals surface area (Å²) in [5, 5.41) is 32.8. The molecule has 1 rings (SSSR count). The SMILES string of the molecule is CC(C)C1CC([N+](=O)[O-])CC([N+](=O)[O-])([N+](=O)[O-])C1. The molecule has 0 aromatic rings. The van der Waals surface area contributed by atoms with Gasteiger partial charge in [0.2, 0.25) is 6.04 Å². The zero-order valence-electron chi connectivity index (χ0n) is 10.1. The Morgan fingerprint density at radius 2 is 1.56 bits per heavy atom. The minimum atomic E-state index is -2.41. The molecule has 9 nitrogen and oxygen atoms in total. The van der Waals surface area contributed by atoms with Gasteiger partial charge in [-0.15, -0.1) is 0 Å². The second-order valence-electron chi connectivity index (χ2n) is 5.08. The molecule has 0 N–H and O–H groups in total. The van der Waals surface area contributed by atoms with Gasteiger partial charge in [0.05, 0.1) is 16.3 Å². The van der Waals surface area contributed by atoms with Crippen LogP contribution in [0.5, 0.6) is 0 Å². The Kier molecular flexibility index (Phi) is 3.82. The monoisotopic (exact) mass is 261 g/mol. The van der Waals surface area contributed by atoms with E-state index in [0.717, 1.165) is 0 Å². The van der Waals surface area contributed by atoms with Crippen LogP contribution in [0.15, 0.2) is 0 Å². The Bertz CT molecular complexity index is 368. The van der Waals surface area contributed by atoms with E-state index in [1.165, 1.54) is 0 Å². The van der Waals surface area contributed by atoms with Gasteiger partial charge in [0, 0.05) is 11.3 Å². The zero-order chi connectivity index (χ0) is 14.1. The maximum Gasteiger partial charge on any atom is 0.465 e. The lowest BCUT2D eigenvalue weighted by atomic mass is 9.74. The summed E-state index contributed by atoms with van der Waals surface area (Å²) in [6, 6.07) is -1.22. The fraction of sp³-hybridized carbons (Fsp3) is 1.00. The van der Waals surface area contributed by atoms with Crippen molar-refractivity contribution in [1.82, 2.24) is 0 Å². The van der Waals surface area contributed by atoms with E-state index >= 15 is 0 Å². The van der Waals surface area contributed by atoms with Gasteiger partial charge in [-0.1, -0.05) is 13.8 Å². The van der Waals surface area contributed by atoms with E-state index in [0.29, 0.717) is 0 Å². The van der Waals surface area contributed by atoms with E-state index < -0.39 is 32.9 Å². The van der Waals surface area contributed by atoms with E-state index in [1.807, 2.05) is 0 Å². The van der Waals surface area contributed by atoms with Gasteiger partial charge in [-0.2, -0.15) is 0 Å². The summed E-state index contributed by atoms with van der Waals surface area (Å²) in [6.45, 7) is 3.52. The highest BCUT2D eigenvalue weighted by Gasteiger charge is 2.64. The maximum atomic E-state index is 11.0. The number of hydrogen-bond donors (Lipinski definition) is 0. The van der Waals surface area contributed by atoms with Crippen molar-refractivity contribution in [3.63, 3.8) is 0 Å². The van der Waals surface area contributed by atoms with E-state index in [4.69, 9.17) is 0 Å². The molecule has 0 heterocycles. The number of nitro groups is 3. The van der Waals surface area contributed by atoms with Crippen LogP contribution in [0.25, 0.3) is 0 Å². The van der Waals surface area contributed by atoms with Gasteiger partial charge in [0.25, 0.3) is 0 Å². The molecule has 1 saturated carbocycles. The van der Waals surface area contributed by atoms with Gasteiger partial charge in [0.1, 0.15) is 0 Å². The lowest BCUT2D eigenvalue weighted by Gasteiger charge is -2.31. The molecule has 102 valence electrons. The number of nitrogens with zero attached hydrogens (tertiary/aromatic N) is 3. The third kappa shape index (κ3) is 2.39. The molecule has 0 radical (unpaired) electrons. The summed E-state index contributed by atoms with van der Waals surface area (Å²) in [4.78, 5) is 30.2. The first-order valence-electron chi connectivity index (χ1n) is 5.63. The first kappa shape index (κ1) is 14.3. The molecule has 0 aromatic carbocycles. The van der Waals surface area contributed by atoms with Crippen LogP contribution in [0.3, 0.4) is 0 Å². The van der Waals surface area contributed by atoms with Gasteiger partial charge in [0.15, 0.2) is 6.42 Å². The second-order valence-corrected chi connectivity index (χ2v) is 5.08. The first-order valence-corrected chi connectivity index (χ1v) is 5.63. The van der Waals surface area contributed by atoms with Crippen LogP contribution in [0, 0.1) is 42.2 Å². The lowest BCUT2D eigenvalue weighted by molar-refractivity contribution is -0.808. The Morgan fingerprint density at radius 1 is 1.06 bits per heavy atom. The lowest BCUT2D eigenvalue weighted by Crippen LogP contribution is -2.55. The molecular formula is C9H15N3O6. The maximum absolute atomic E-state index is 11.0. The normalized spacial score (nSPS) is 26.8. The van der Waals surface area contributed by atoms with Gasteiger partial charge in [-0.05, 0) is 11.8 Å². The Morgan fingerprint density at radius 3 is 1.89 bits per heavy atom. The molecule has 0 aromatic heterocycles. The first-order chi connectivity index (χ1) is 8.20. The standard InChI is InChI=1S/C9H15N3O6/c1-6(2)7-3-8(10(13)14)5-9(4-7,11(15)16)12(17)18/h6-8H,3-5H2,1-2H3. The summed E-state index contributed by atoms with van der Waals surface area (Å²) in [5.41, 5.74) is -2.41. The summed E-state index contributed by atoms with van der Waals surface area (Å²) in [6.07, 6.45) is -0.716. The van der Waals surface area contributed by atoms with E-state index in [1.54, 1.807) is 13.8 Å². The molecule has 2 unspecified atom stereocenters. The average Bonchev–Trinajstić information content (AvgIpc) is 2.27. The van der Waals surface area contributed by atoms with Crippen molar-refractivity contribution in [1.29, 1.82) is 0 Å². The van der Waals surface area contributed by atoms with Crippen molar-refractivity contribution in [3.8, 4) is 0 Å². The summed E-state index contributed by atoms with van der Waals surface area (Å²) < 4.78 is 0. The highest BCUT2D eigenvalue weighted by atomic mass is 16.7. The fourth-order valence-electron chi connectivity index (χ4n) is 2.43. The van der Waals surface area contributed by atoms with Gasteiger partial charge < -0.3 is 0 Å². The number of rotatable bonds is 4. The molecule has 9 heteroatoms. The van der Waals surface area contributed by atoms with E-state index in [-0.39, 0.29) is 24.7 Å². The molecule has 1 aliphatic rings. The van der Waals surface area contributed by atoms with Crippen molar-refractivity contribution < 1.29 is 14.8 Å². The minimum absolute atomic E-state index is 0.0629. The van der Waals surface area contributed by atoms with Crippen molar-refractivity contribution in [3.05, 3.63) is 30.3 Å². The highest BCUT2D eigenvalue weighted by molar-refractivity contribution is 4.85. The molecule has 0 bridgehead atoms. The Hall–Kier alpha value is -1.80. The smallest absolute Gasteiger partial charge is 0.264 e. The van der Waals surface area contributed by atoms with Gasteiger partial charge in [-0.25, -0.2) is 0 Å². The molecule has 1 aliphatic carbocycles. The predicted octanol–water partition coefficient (Wildman–Crippen LogP) is 1.34. The third-order valence-corrected chi connectivity index (χ3v) is 3.65. The zero-order valence-corrected chi connectivity index (χ0v) is 10.1. The van der Waals surface area contributed by atoms with Crippen molar-refractivity contribution in [2.75, 3.05) is 0 Å². The van der Waals surface area contributed by atoms with Crippen LogP contribution in [0.1, 0.15) is 33.1 Å².